The van der Waals surface area contributed by atoms with Crippen molar-refractivity contribution in [3.8, 4) is 11.4 Å². The zero-order valence-corrected chi connectivity index (χ0v) is 15.7. The largest absolute Gasteiger partial charge is 0.465 e. The van der Waals surface area contributed by atoms with Crippen LogP contribution in [-0.2, 0) is 11.0 Å². The van der Waals surface area contributed by atoms with Crippen LogP contribution in [0.4, 0.5) is 18.3 Å². The Hall–Kier alpha value is -3.80. The first kappa shape index (κ1) is 19.5. The van der Waals surface area contributed by atoms with Crippen LogP contribution in [0.1, 0.15) is 11.5 Å². The first-order valence-electron chi connectivity index (χ1n) is 8.35. The summed E-state index contributed by atoms with van der Waals surface area (Å²) < 4.78 is 44.8. The summed E-state index contributed by atoms with van der Waals surface area (Å²) in [7, 11) is 0. The molecular weight excluding hydrogens is 421 g/mol. The fourth-order valence-electron chi connectivity index (χ4n) is 2.47. The summed E-state index contributed by atoms with van der Waals surface area (Å²) in [5.74, 6) is -0.178. The van der Waals surface area contributed by atoms with Gasteiger partial charge in [-0.25, -0.2) is 4.98 Å². The molecule has 12 heteroatoms. The number of nitrogens with one attached hydrogen (secondary N) is 1. The minimum Gasteiger partial charge on any atom is -0.465 e. The van der Waals surface area contributed by atoms with Crippen molar-refractivity contribution < 1.29 is 22.4 Å². The number of alkyl halides is 3. The zero-order chi connectivity index (χ0) is 21.1. The summed E-state index contributed by atoms with van der Waals surface area (Å²) in [6.07, 6.45) is -1.82. The van der Waals surface area contributed by atoms with Crippen molar-refractivity contribution >= 4 is 34.1 Å². The molecular formula is C18H11F3N6O2S. The Kier molecular flexibility index (Phi) is 5.14. The van der Waals surface area contributed by atoms with Gasteiger partial charge in [-0.3, -0.25) is 10.1 Å². The number of anilines is 1. The average Bonchev–Trinajstić information content (AvgIpc) is 3.47. The molecule has 0 atom stereocenters. The molecule has 8 nitrogen and oxygen atoms in total. The van der Waals surface area contributed by atoms with E-state index in [1.807, 2.05) is 6.07 Å². The maximum atomic E-state index is 12.9. The van der Waals surface area contributed by atoms with Gasteiger partial charge in [0.05, 0.1) is 6.26 Å². The lowest BCUT2D eigenvalue weighted by molar-refractivity contribution is -0.140. The van der Waals surface area contributed by atoms with Gasteiger partial charge in [-0.15, -0.1) is 16.4 Å². The number of hydrogen-bond acceptors (Lipinski definition) is 7. The number of rotatable bonds is 5. The normalized spacial score (nSPS) is 12.2. The number of carbonyl (C=O) groups is 1. The van der Waals surface area contributed by atoms with Crippen molar-refractivity contribution in [2.75, 3.05) is 5.32 Å². The molecule has 3 heterocycles. The number of hydrogen-bond donors (Lipinski definition) is 1. The molecule has 0 spiro atoms. The predicted molar refractivity (Wildman–Crippen MR) is 102 cm³/mol. The van der Waals surface area contributed by atoms with Crippen molar-refractivity contribution in [2.45, 2.75) is 6.18 Å². The van der Waals surface area contributed by atoms with Gasteiger partial charge in [0.2, 0.25) is 0 Å². The van der Waals surface area contributed by atoms with E-state index in [-0.39, 0.29) is 16.7 Å². The number of aromatic nitrogens is 5. The van der Waals surface area contributed by atoms with Crippen molar-refractivity contribution in [1.82, 2.24) is 25.2 Å². The van der Waals surface area contributed by atoms with Gasteiger partial charge in [0.15, 0.2) is 16.6 Å². The topological polar surface area (TPSA) is 98.7 Å². The number of thiazole rings is 1. The van der Waals surface area contributed by atoms with Crippen LogP contribution in [0.25, 0.3) is 23.2 Å². The summed E-state index contributed by atoms with van der Waals surface area (Å²) in [6, 6.07) is 12.1. The van der Waals surface area contributed by atoms with Crippen molar-refractivity contribution in [3.63, 3.8) is 0 Å². The summed E-state index contributed by atoms with van der Waals surface area (Å²) >= 11 is 0.653. The number of amides is 1. The fourth-order valence-corrected chi connectivity index (χ4v) is 3.18. The summed E-state index contributed by atoms with van der Waals surface area (Å²) in [5.41, 5.74) is -0.529. The van der Waals surface area contributed by atoms with E-state index in [2.05, 4.69) is 25.8 Å². The minimum atomic E-state index is -4.61. The number of carbonyl (C=O) groups excluding carboxylic acids is 1. The molecule has 1 aromatic carbocycles. The van der Waals surface area contributed by atoms with Crippen LogP contribution in [-0.4, -0.2) is 31.1 Å². The second-order valence-corrected chi connectivity index (χ2v) is 6.67. The molecule has 1 N–H and O–H groups in total. The highest BCUT2D eigenvalue weighted by Crippen LogP contribution is 2.32. The molecule has 1 amide bonds. The Morgan fingerprint density at radius 3 is 2.63 bits per heavy atom. The van der Waals surface area contributed by atoms with Gasteiger partial charge >= 0.3 is 6.18 Å². The monoisotopic (exact) mass is 432 g/mol. The number of halogens is 3. The molecule has 0 radical (unpaired) electrons. The first-order chi connectivity index (χ1) is 14.4. The van der Waals surface area contributed by atoms with Crippen LogP contribution >= 0.6 is 11.3 Å². The molecule has 0 saturated carbocycles. The molecule has 152 valence electrons. The quantitative estimate of drug-likeness (QED) is 0.478. The minimum absolute atomic E-state index is 0.0717. The van der Waals surface area contributed by atoms with Gasteiger partial charge in [0.25, 0.3) is 5.91 Å². The lowest BCUT2D eigenvalue weighted by Gasteiger charge is -2.09. The zero-order valence-electron chi connectivity index (χ0n) is 14.9. The molecule has 0 aliphatic carbocycles. The van der Waals surface area contributed by atoms with Crippen molar-refractivity contribution in [2.24, 2.45) is 0 Å². The maximum absolute atomic E-state index is 12.9. The van der Waals surface area contributed by atoms with Crippen LogP contribution in [0.15, 0.2) is 58.5 Å². The van der Waals surface area contributed by atoms with E-state index in [0.29, 0.717) is 22.7 Å². The maximum Gasteiger partial charge on any atom is 0.434 e. The number of benzene rings is 1. The average molecular weight is 432 g/mol. The molecule has 0 aliphatic heterocycles. The Bertz CT molecular complexity index is 1180. The third-order valence-electron chi connectivity index (χ3n) is 3.80. The van der Waals surface area contributed by atoms with Crippen LogP contribution < -0.4 is 5.32 Å². The third kappa shape index (κ3) is 4.12. The van der Waals surface area contributed by atoms with Crippen molar-refractivity contribution in [3.05, 3.63) is 65.6 Å². The first-order valence-corrected chi connectivity index (χ1v) is 9.23. The van der Waals surface area contributed by atoms with E-state index in [0.717, 1.165) is 5.38 Å². The van der Waals surface area contributed by atoms with Crippen LogP contribution in [0.2, 0.25) is 0 Å². The summed E-state index contributed by atoms with van der Waals surface area (Å²) in [6.45, 7) is 0. The van der Waals surface area contributed by atoms with Crippen molar-refractivity contribution in [1.29, 1.82) is 0 Å². The molecule has 4 aromatic rings. The second-order valence-electron chi connectivity index (χ2n) is 5.82. The highest BCUT2D eigenvalue weighted by molar-refractivity contribution is 7.14. The number of tetrazole rings is 1. The van der Waals surface area contributed by atoms with Gasteiger partial charge in [-0.1, -0.05) is 30.3 Å². The SMILES string of the molecule is O=C(Nc1nc(C(F)(F)F)cs1)/C(=C/c1ccco1)n1nnnc1-c1ccccc1. The van der Waals surface area contributed by atoms with E-state index < -0.39 is 17.8 Å². The van der Waals surface area contributed by atoms with E-state index in [1.54, 1.807) is 36.4 Å². The Labute approximate surface area is 170 Å². The van der Waals surface area contributed by atoms with Gasteiger partial charge in [0, 0.05) is 17.0 Å². The van der Waals surface area contributed by atoms with Gasteiger partial charge in [-0.2, -0.15) is 17.9 Å². The van der Waals surface area contributed by atoms with Gasteiger partial charge < -0.3 is 4.42 Å². The number of furan rings is 1. The van der Waals surface area contributed by atoms with Crippen LogP contribution in [0.5, 0.6) is 0 Å². The van der Waals surface area contributed by atoms with Gasteiger partial charge in [-0.05, 0) is 22.6 Å². The molecule has 0 aliphatic rings. The molecule has 0 fully saturated rings. The molecule has 0 saturated heterocycles. The number of nitrogens with zero attached hydrogens (tertiary/aromatic N) is 5. The fraction of sp³-hybridized carbons (Fsp3) is 0.0556. The Morgan fingerprint density at radius 2 is 1.97 bits per heavy atom. The van der Waals surface area contributed by atoms with Crippen LogP contribution in [0, 0.1) is 0 Å². The lowest BCUT2D eigenvalue weighted by Crippen LogP contribution is -2.19. The van der Waals surface area contributed by atoms with Gasteiger partial charge in [0.1, 0.15) is 11.5 Å². The van der Waals surface area contributed by atoms with Crippen LogP contribution in [0.3, 0.4) is 0 Å². The predicted octanol–water partition coefficient (Wildman–Crippen LogP) is 4.05. The second kappa shape index (κ2) is 7.91. The third-order valence-corrected chi connectivity index (χ3v) is 4.56. The van der Waals surface area contributed by atoms with E-state index in [1.165, 1.54) is 17.0 Å². The molecule has 30 heavy (non-hydrogen) atoms. The highest BCUT2D eigenvalue weighted by Gasteiger charge is 2.34. The smallest absolute Gasteiger partial charge is 0.434 e. The van der Waals surface area contributed by atoms with E-state index in [9.17, 15) is 18.0 Å². The molecule has 0 bridgehead atoms. The Balaban J connectivity index is 1.71. The lowest BCUT2D eigenvalue weighted by atomic mass is 10.2. The molecule has 3 aromatic heterocycles. The standard InChI is InChI=1S/C18H11F3N6O2S/c19-18(20,21)14-10-30-17(22-14)23-16(28)13(9-12-7-4-8-29-12)27-15(24-25-26-27)11-5-2-1-3-6-11/h1-10H,(H,22,23,28)/b13-9-. The summed E-state index contributed by atoms with van der Waals surface area (Å²) in [4.78, 5) is 16.3. The highest BCUT2D eigenvalue weighted by atomic mass is 32.1. The van der Waals surface area contributed by atoms with E-state index >= 15 is 0 Å². The molecule has 4 rings (SSSR count). The molecule has 0 unspecified atom stereocenters. The summed E-state index contributed by atoms with van der Waals surface area (Å²) in [5, 5.41) is 14.4. The van der Waals surface area contributed by atoms with E-state index in [4.69, 9.17) is 4.42 Å². The Morgan fingerprint density at radius 1 is 1.17 bits per heavy atom.